The fraction of sp³-hybridized carbons (Fsp3) is 0.421. The van der Waals surface area contributed by atoms with Gasteiger partial charge in [-0.1, -0.05) is 0 Å². The molecule has 0 bridgehead atoms. The minimum Gasteiger partial charge on any atom is -0.452 e. The SMILES string of the molecule is Cc1cc(NC(=O)COC(=O)c2cc([N+](=O)[O-])ccc2N(C)C)n(C2CCS(=O)(=O)C2)n1. The minimum atomic E-state index is -3.15. The van der Waals surface area contributed by atoms with Crippen LogP contribution in [-0.4, -0.2) is 67.2 Å². The predicted molar refractivity (Wildman–Crippen MR) is 116 cm³/mol. The highest BCUT2D eigenvalue weighted by molar-refractivity contribution is 7.91. The molecule has 1 amide bonds. The van der Waals surface area contributed by atoms with Crippen LogP contribution < -0.4 is 10.2 Å². The molecule has 1 fully saturated rings. The van der Waals surface area contributed by atoms with Crippen molar-refractivity contribution in [2.45, 2.75) is 19.4 Å². The van der Waals surface area contributed by atoms with Crippen LogP contribution in [0.1, 0.15) is 28.5 Å². The van der Waals surface area contributed by atoms with E-state index in [1.54, 1.807) is 32.0 Å². The molecule has 1 atom stereocenters. The molecule has 0 saturated carbocycles. The zero-order valence-corrected chi connectivity index (χ0v) is 18.6. The molecule has 1 N–H and O–H groups in total. The molecule has 1 unspecified atom stereocenters. The normalized spacial score (nSPS) is 17.0. The third-order valence-corrected chi connectivity index (χ3v) is 6.66. The first-order chi connectivity index (χ1) is 15.0. The first kappa shape index (κ1) is 23.2. The number of carbonyl (C=O) groups excluding carboxylic acids is 2. The van der Waals surface area contributed by atoms with Crippen LogP contribution in [-0.2, 0) is 19.4 Å². The van der Waals surface area contributed by atoms with Crippen LogP contribution in [0.2, 0.25) is 0 Å². The number of hydrogen-bond donors (Lipinski definition) is 1. The Morgan fingerprint density at radius 3 is 2.66 bits per heavy atom. The molecule has 1 aliphatic heterocycles. The standard InChI is InChI=1S/C19H23N5O7S/c1-12-8-17(23(21-12)14-6-7-32(29,30)11-14)20-18(25)10-31-19(26)15-9-13(24(27)28)4-5-16(15)22(2)3/h4-5,8-9,14H,6-7,10-11H2,1-3H3,(H,20,25). The maximum Gasteiger partial charge on any atom is 0.341 e. The number of nitro groups is 1. The number of anilines is 2. The second-order valence-electron chi connectivity index (χ2n) is 7.65. The molecule has 13 heteroatoms. The molecule has 2 aromatic rings. The first-order valence-corrected chi connectivity index (χ1v) is 11.5. The average Bonchev–Trinajstić information content (AvgIpc) is 3.26. The van der Waals surface area contributed by atoms with Crippen molar-refractivity contribution in [2.75, 3.05) is 42.4 Å². The third kappa shape index (κ3) is 5.22. The third-order valence-electron chi connectivity index (χ3n) is 4.91. The number of nitrogens with one attached hydrogen (secondary N) is 1. The first-order valence-electron chi connectivity index (χ1n) is 9.66. The Kier molecular flexibility index (Phi) is 6.48. The number of non-ortho nitro benzene ring substituents is 1. The Morgan fingerprint density at radius 2 is 2.06 bits per heavy atom. The largest absolute Gasteiger partial charge is 0.452 e. The van der Waals surface area contributed by atoms with Crippen LogP contribution in [0.15, 0.2) is 24.3 Å². The van der Waals surface area contributed by atoms with Gasteiger partial charge in [0, 0.05) is 32.3 Å². The van der Waals surface area contributed by atoms with Gasteiger partial charge in [-0.15, -0.1) is 0 Å². The van der Waals surface area contributed by atoms with E-state index in [-0.39, 0.29) is 28.8 Å². The van der Waals surface area contributed by atoms with E-state index in [9.17, 15) is 28.1 Å². The zero-order valence-electron chi connectivity index (χ0n) is 17.8. The Labute approximate surface area is 184 Å². The van der Waals surface area contributed by atoms with Crippen LogP contribution in [0.4, 0.5) is 17.2 Å². The minimum absolute atomic E-state index is 0.0472. The topological polar surface area (TPSA) is 154 Å². The molecular formula is C19H23N5O7S. The molecule has 0 spiro atoms. The molecule has 172 valence electrons. The zero-order chi connectivity index (χ0) is 23.6. The van der Waals surface area contributed by atoms with Gasteiger partial charge in [0.05, 0.1) is 39.4 Å². The highest BCUT2D eigenvalue weighted by Gasteiger charge is 2.31. The number of nitro benzene ring substituents is 1. The Morgan fingerprint density at radius 1 is 1.34 bits per heavy atom. The molecule has 2 heterocycles. The lowest BCUT2D eigenvalue weighted by Crippen LogP contribution is -2.24. The van der Waals surface area contributed by atoms with Crippen LogP contribution in [0, 0.1) is 17.0 Å². The van der Waals surface area contributed by atoms with E-state index < -0.39 is 33.2 Å². The summed E-state index contributed by atoms with van der Waals surface area (Å²) >= 11 is 0. The lowest BCUT2D eigenvalue weighted by atomic mass is 10.1. The van der Waals surface area contributed by atoms with Gasteiger partial charge in [-0.05, 0) is 19.4 Å². The maximum absolute atomic E-state index is 12.5. The van der Waals surface area contributed by atoms with Crippen molar-refractivity contribution in [3.8, 4) is 0 Å². The number of carbonyl (C=O) groups is 2. The van der Waals surface area contributed by atoms with Crippen LogP contribution in [0.3, 0.4) is 0 Å². The Bertz CT molecular complexity index is 1170. The summed E-state index contributed by atoms with van der Waals surface area (Å²) < 4.78 is 30.1. The van der Waals surface area contributed by atoms with Gasteiger partial charge in [-0.2, -0.15) is 5.10 Å². The lowest BCUT2D eigenvalue weighted by molar-refractivity contribution is -0.384. The summed E-state index contributed by atoms with van der Waals surface area (Å²) in [5, 5.41) is 17.9. The van der Waals surface area contributed by atoms with Crippen molar-refractivity contribution in [1.29, 1.82) is 0 Å². The molecule has 1 aromatic heterocycles. The second kappa shape index (κ2) is 8.94. The number of hydrogen-bond acceptors (Lipinski definition) is 9. The number of aryl methyl sites for hydroxylation is 1. The van der Waals surface area contributed by atoms with Gasteiger partial charge in [0.1, 0.15) is 5.82 Å². The smallest absolute Gasteiger partial charge is 0.341 e. The summed E-state index contributed by atoms with van der Waals surface area (Å²) in [5.74, 6) is -1.25. The summed E-state index contributed by atoms with van der Waals surface area (Å²) in [7, 11) is 0.181. The quantitative estimate of drug-likeness (QED) is 0.362. The van der Waals surface area contributed by atoms with E-state index in [1.165, 1.54) is 16.8 Å². The van der Waals surface area contributed by atoms with Crippen molar-refractivity contribution in [3.05, 3.63) is 45.6 Å². The summed E-state index contributed by atoms with van der Waals surface area (Å²) in [6.45, 7) is 1.07. The fourth-order valence-electron chi connectivity index (χ4n) is 3.44. The molecular weight excluding hydrogens is 442 g/mol. The molecule has 0 aliphatic carbocycles. The number of amides is 1. The van der Waals surface area contributed by atoms with Crippen molar-refractivity contribution in [2.24, 2.45) is 0 Å². The molecule has 0 radical (unpaired) electrons. The molecule has 32 heavy (non-hydrogen) atoms. The van der Waals surface area contributed by atoms with Crippen LogP contribution >= 0.6 is 0 Å². The number of sulfone groups is 1. The number of nitrogens with zero attached hydrogens (tertiary/aromatic N) is 4. The van der Waals surface area contributed by atoms with E-state index in [4.69, 9.17) is 4.74 Å². The van der Waals surface area contributed by atoms with Gasteiger partial charge in [0.15, 0.2) is 16.4 Å². The highest BCUT2D eigenvalue weighted by atomic mass is 32.2. The number of ether oxygens (including phenoxy) is 1. The van der Waals surface area contributed by atoms with Crippen molar-refractivity contribution in [3.63, 3.8) is 0 Å². The average molecular weight is 465 g/mol. The number of rotatable bonds is 7. The number of esters is 1. The van der Waals surface area contributed by atoms with E-state index >= 15 is 0 Å². The predicted octanol–water partition coefficient (Wildman–Crippen LogP) is 1.32. The molecule has 3 rings (SSSR count). The molecule has 1 saturated heterocycles. The molecule has 12 nitrogen and oxygen atoms in total. The summed E-state index contributed by atoms with van der Waals surface area (Å²) in [5.41, 5.74) is 0.665. The summed E-state index contributed by atoms with van der Waals surface area (Å²) in [6, 6.07) is 4.99. The van der Waals surface area contributed by atoms with Crippen molar-refractivity contribution >= 4 is 38.9 Å². The van der Waals surface area contributed by atoms with Crippen LogP contribution in [0.5, 0.6) is 0 Å². The molecule has 1 aliphatic rings. The van der Waals surface area contributed by atoms with Crippen molar-refractivity contribution < 1.29 is 27.7 Å². The van der Waals surface area contributed by atoms with E-state index in [0.29, 0.717) is 23.6 Å². The van der Waals surface area contributed by atoms with Gasteiger partial charge >= 0.3 is 5.97 Å². The van der Waals surface area contributed by atoms with E-state index in [0.717, 1.165) is 6.07 Å². The van der Waals surface area contributed by atoms with Crippen molar-refractivity contribution in [1.82, 2.24) is 9.78 Å². The number of benzene rings is 1. The molecule has 1 aromatic carbocycles. The summed E-state index contributed by atoms with van der Waals surface area (Å²) in [6.07, 6.45) is 0.390. The second-order valence-corrected chi connectivity index (χ2v) is 9.88. The van der Waals surface area contributed by atoms with Crippen LogP contribution in [0.25, 0.3) is 0 Å². The van der Waals surface area contributed by atoms with Gasteiger partial charge < -0.3 is 15.0 Å². The Hall–Kier alpha value is -3.48. The van der Waals surface area contributed by atoms with Gasteiger partial charge in [-0.3, -0.25) is 14.9 Å². The highest BCUT2D eigenvalue weighted by Crippen LogP contribution is 2.27. The Balaban J connectivity index is 1.69. The number of aromatic nitrogens is 2. The lowest BCUT2D eigenvalue weighted by Gasteiger charge is -2.16. The van der Waals surface area contributed by atoms with E-state index in [2.05, 4.69) is 10.4 Å². The fourth-order valence-corrected chi connectivity index (χ4v) is 5.13. The maximum atomic E-state index is 12.5. The van der Waals surface area contributed by atoms with Gasteiger partial charge in [0.2, 0.25) is 0 Å². The summed E-state index contributed by atoms with van der Waals surface area (Å²) in [4.78, 5) is 36.9. The van der Waals surface area contributed by atoms with Gasteiger partial charge in [0.25, 0.3) is 11.6 Å². The van der Waals surface area contributed by atoms with Gasteiger partial charge in [-0.25, -0.2) is 17.9 Å². The van der Waals surface area contributed by atoms with E-state index in [1.807, 2.05) is 0 Å². The monoisotopic (exact) mass is 465 g/mol.